The van der Waals surface area contributed by atoms with E-state index < -0.39 is 0 Å². The standard InChI is InChI=1S/C5H6ClN3S/c1-3-7-4(6)9-5(8-3)10-2/h1-2H3. The van der Waals surface area contributed by atoms with E-state index in [1.165, 1.54) is 11.8 Å². The molecule has 0 fully saturated rings. The van der Waals surface area contributed by atoms with E-state index >= 15 is 0 Å². The predicted molar refractivity (Wildman–Crippen MR) is 41.4 cm³/mol. The molecule has 0 unspecified atom stereocenters. The summed E-state index contributed by atoms with van der Waals surface area (Å²) in [4.78, 5) is 11.7. The molecule has 0 aromatic carbocycles. The monoisotopic (exact) mass is 175 g/mol. The largest absolute Gasteiger partial charge is 0.226 e. The molecule has 0 saturated carbocycles. The lowest BCUT2D eigenvalue weighted by molar-refractivity contribution is 0.860. The molecule has 0 spiro atoms. The van der Waals surface area contributed by atoms with E-state index in [1.54, 1.807) is 6.92 Å². The Labute approximate surface area is 68.2 Å². The summed E-state index contributed by atoms with van der Waals surface area (Å²) >= 11 is 7.00. The molecule has 0 bridgehead atoms. The van der Waals surface area contributed by atoms with Crippen LogP contribution in [-0.4, -0.2) is 21.2 Å². The molecule has 54 valence electrons. The van der Waals surface area contributed by atoms with Gasteiger partial charge in [0.2, 0.25) is 5.28 Å². The summed E-state index contributed by atoms with van der Waals surface area (Å²) in [5.74, 6) is 0.657. The Kier molecular flexibility index (Phi) is 2.45. The molecule has 1 aromatic rings. The van der Waals surface area contributed by atoms with Crippen LogP contribution in [0.25, 0.3) is 0 Å². The smallest absolute Gasteiger partial charge is 0.208 e. The lowest BCUT2D eigenvalue weighted by Gasteiger charge is -1.95. The minimum absolute atomic E-state index is 0.261. The van der Waals surface area contributed by atoms with Crippen molar-refractivity contribution in [2.24, 2.45) is 0 Å². The lowest BCUT2D eigenvalue weighted by Crippen LogP contribution is -1.93. The second-order valence-corrected chi connectivity index (χ2v) is 2.75. The van der Waals surface area contributed by atoms with Crippen LogP contribution >= 0.6 is 23.4 Å². The molecular weight excluding hydrogens is 170 g/mol. The van der Waals surface area contributed by atoms with Crippen molar-refractivity contribution in [3.05, 3.63) is 11.1 Å². The Balaban J connectivity index is 3.06. The van der Waals surface area contributed by atoms with Gasteiger partial charge in [0, 0.05) is 0 Å². The van der Waals surface area contributed by atoms with Crippen LogP contribution in [0.3, 0.4) is 0 Å². The maximum atomic E-state index is 5.55. The first-order valence-corrected chi connectivity index (χ1v) is 4.25. The summed E-state index contributed by atoms with van der Waals surface area (Å²) in [5, 5.41) is 0.925. The Bertz CT molecular complexity index is 220. The van der Waals surface area contributed by atoms with Crippen LogP contribution in [-0.2, 0) is 0 Å². The molecule has 0 amide bonds. The zero-order valence-electron chi connectivity index (χ0n) is 5.63. The second-order valence-electron chi connectivity index (χ2n) is 1.64. The van der Waals surface area contributed by atoms with Crippen molar-refractivity contribution < 1.29 is 0 Å². The van der Waals surface area contributed by atoms with Gasteiger partial charge in [-0.15, -0.1) is 0 Å². The predicted octanol–water partition coefficient (Wildman–Crippen LogP) is 1.56. The zero-order valence-corrected chi connectivity index (χ0v) is 7.20. The van der Waals surface area contributed by atoms with Gasteiger partial charge in [-0.05, 0) is 24.8 Å². The van der Waals surface area contributed by atoms with Crippen LogP contribution in [0.5, 0.6) is 0 Å². The number of aromatic nitrogens is 3. The van der Waals surface area contributed by atoms with Crippen LogP contribution in [0.1, 0.15) is 5.82 Å². The van der Waals surface area contributed by atoms with Crippen molar-refractivity contribution in [1.29, 1.82) is 0 Å². The van der Waals surface area contributed by atoms with E-state index in [9.17, 15) is 0 Å². The summed E-state index contributed by atoms with van der Waals surface area (Å²) in [5.41, 5.74) is 0. The minimum Gasteiger partial charge on any atom is -0.208 e. The first-order chi connectivity index (χ1) is 4.72. The fraction of sp³-hybridized carbons (Fsp3) is 0.400. The van der Waals surface area contributed by atoms with Gasteiger partial charge in [0.05, 0.1) is 0 Å². The van der Waals surface area contributed by atoms with Crippen LogP contribution in [0.4, 0.5) is 0 Å². The normalized spacial score (nSPS) is 9.90. The average Bonchev–Trinajstić information content (AvgIpc) is 1.85. The van der Waals surface area contributed by atoms with Gasteiger partial charge in [0.15, 0.2) is 5.16 Å². The van der Waals surface area contributed by atoms with E-state index in [0.717, 1.165) is 0 Å². The number of hydrogen-bond donors (Lipinski definition) is 0. The van der Waals surface area contributed by atoms with Gasteiger partial charge in [-0.2, -0.15) is 4.98 Å². The summed E-state index contributed by atoms with van der Waals surface area (Å²) in [6.45, 7) is 1.78. The van der Waals surface area contributed by atoms with Crippen molar-refractivity contribution in [2.45, 2.75) is 12.1 Å². The highest BCUT2D eigenvalue weighted by molar-refractivity contribution is 7.98. The van der Waals surface area contributed by atoms with Crippen molar-refractivity contribution >= 4 is 23.4 Å². The Morgan fingerprint density at radius 3 is 2.50 bits per heavy atom. The SMILES string of the molecule is CSc1nc(C)nc(Cl)n1. The maximum Gasteiger partial charge on any atom is 0.226 e. The maximum absolute atomic E-state index is 5.55. The van der Waals surface area contributed by atoms with Crippen molar-refractivity contribution in [2.75, 3.05) is 6.26 Å². The zero-order chi connectivity index (χ0) is 7.56. The molecule has 5 heteroatoms. The highest BCUT2D eigenvalue weighted by atomic mass is 35.5. The first-order valence-electron chi connectivity index (χ1n) is 2.64. The number of aryl methyl sites for hydroxylation is 1. The molecule has 0 radical (unpaired) electrons. The molecule has 0 aliphatic rings. The quantitative estimate of drug-likeness (QED) is 0.608. The van der Waals surface area contributed by atoms with Gasteiger partial charge >= 0.3 is 0 Å². The molecule has 1 aromatic heterocycles. The number of hydrogen-bond acceptors (Lipinski definition) is 4. The molecule has 0 aliphatic heterocycles. The summed E-state index contributed by atoms with van der Waals surface area (Å²) in [6.07, 6.45) is 1.89. The molecule has 3 nitrogen and oxygen atoms in total. The third kappa shape index (κ3) is 1.82. The first kappa shape index (κ1) is 7.75. The van der Waals surface area contributed by atoms with Gasteiger partial charge in [-0.1, -0.05) is 11.8 Å². The summed E-state index contributed by atoms with van der Waals surface area (Å²) in [6, 6.07) is 0. The van der Waals surface area contributed by atoms with Crippen LogP contribution < -0.4 is 0 Å². The summed E-state index contributed by atoms with van der Waals surface area (Å²) in [7, 11) is 0. The third-order valence-electron chi connectivity index (χ3n) is 0.882. The molecule has 0 saturated heterocycles. The average molecular weight is 176 g/mol. The number of thioether (sulfide) groups is 1. The molecule has 0 atom stereocenters. The van der Waals surface area contributed by atoms with E-state index in [0.29, 0.717) is 11.0 Å². The molecular formula is C5H6ClN3S. The van der Waals surface area contributed by atoms with E-state index in [2.05, 4.69) is 15.0 Å². The van der Waals surface area contributed by atoms with Crippen LogP contribution in [0.15, 0.2) is 5.16 Å². The van der Waals surface area contributed by atoms with E-state index in [4.69, 9.17) is 11.6 Å². The van der Waals surface area contributed by atoms with Crippen molar-refractivity contribution in [1.82, 2.24) is 15.0 Å². The van der Waals surface area contributed by atoms with Gasteiger partial charge in [0.25, 0.3) is 0 Å². The van der Waals surface area contributed by atoms with Crippen LogP contribution in [0.2, 0.25) is 5.28 Å². The summed E-state index contributed by atoms with van der Waals surface area (Å²) < 4.78 is 0. The second kappa shape index (κ2) is 3.16. The van der Waals surface area contributed by atoms with E-state index in [1.807, 2.05) is 6.26 Å². The third-order valence-corrected chi connectivity index (χ3v) is 1.60. The fourth-order valence-corrected chi connectivity index (χ4v) is 1.17. The molecule has 10 heavy (non-hydrogen) atoms. The number of rotatable bonds is 1. The molecule has 1 rings (SSSR count). The minimum atomic E-state index is 0.261. The van der Waals surface area contributed by atoms with Crippen molar-refractivity contribution in [3.8, 4) is 0 Å². The van der Waals surface area contributed by atoms with E-state index in [-0.39, 0.29) is 5.28 Å². The topological polar surface area (TPSA) is 38.7 Å². The fourth-order valence-electron chi connectivity index (χ4n) is 0.517. The molecule has 1 heterocycles. The highest BCUT2D eigenvalue weighted by Gasteiger charge is 1.97. The van der Waals surface area contributed by atoms with Gasteiger partial charge in [-0.25, -0.2) is 9.97 Å². The van der Waals surface area contributed by atoms with Gasteiger partial charge in [-0.3, -0.25) is 0 Å². The lowest BCUT2D eigenvalue weighted by atomic mass is 10.7. The van der Waals surface area contributed by atoms with Crippen LogP contribution in [0, 0.1) is 6.92 Å². The Morgan fingerprint density at radius 1 is 1.30 bits per heavy atom. The molecule has 0 aliphatic carbocycles. The number of halogens is 1. The molecule has 0 N–H and O–H groups in total. The van der Waals surface area contributed by atoms with Gasteiger partial charge < -0.3 is 0 Å². The highest BCUT2D eigenvalue weighted by Crippen LogP contribution is 2.09. The Morgan fingerprint density at radius 2 is 2.00 bits per heavy atom. The Hall–Kier alpha value is -0.350. The number of nitrogens with zero attached hydrogens (tertiary/aromatic N) is 3. The van der Waals surface area contributed by atoms with Crippen molar-refractivity contribution in [3.63, 3.8) is 0 Å². The van der Waals surface area contributed by atoms with Gasteiger partial charge in [0.1, 0.15) is 5.82 Å².